The van der Waals surface area contributed by atoms with Crippen molar-refractivity contribution >= 4 is 11.3 Å². The summed E-state index contributed by atoms with van der Waals surface area (Å²) < 4.78 is 0. The topological polar surface area (TPSA) is 29.3 Å². The Labute approximate surface area is 90.7 Å². The third-order valence-corrected chi connectivity index (χ3v) is 3.32. The highest BCUT2D eigenvalue weighted by Crippen LogP contribution is 2.17. The molecular weight excluding hydrogens is 192 g/mol. The van der Waals surface area contributed by atoms with Crippen LogP contribution >= 0.6 is 11.3 Å². The summed E-state index contributed by atoms with van der Waals surface area (Å²) in [5.41, 5.74) is 7.36. The van der Waals surface area contributed by atoms with Crippen molar-refractivity contribution < 1.29 is 0 Å². The van der Waals surface area contributed by atoms with Crippen LogP contribution in [-0.2, 0) is 0 Å². The molecule has 0 aliphatic heterocycles. The zero-order valence-corrected chi connectivity index (χ0v) is 9.89. The van der Waals surface area contributed by atoms with Crippen molar-refractivity contribution in [3.63, 3.8) is 0 Å². The van der Waals surface area contributed by atoms with Gasteiger partial charge in [0.2, 0.25) is 0 Å². The van der Waals surface area contributed by atoms with Crippen molar-refractivity contribution in [3.05, 3.63) is 22.4 Å². The van der Waals surface area contributed by atoms with Gasteiger partial charge in [-0.25, -0.2) is 0 Å². The lowest BCUT2D eigenvalue weighted by Crippen LogP contribution is -2.26. The van der Waals surface area contributed by atoms with Crippen molar-refractivity contribution in [3.8, 4) is 0 Å². The molecular formula is C11H20N2S. The smallest absolute Gasteiger partial charge is 0.0315 e. The predicted molar refractivity (Wildman–Crippen MR) is 63.7 cm³/mol. The van der Waals surface area contributed by atoms with Crippen LogP contribution in [0.1, 0.15) is 31.9 Å². The fourth-order valence-corrected chi connectivity index (χ4v) is 2.24. The van der Waals surface area contributed by atoms with Gasteiger partial charge in [-0.1, -0.05) is 13.8 Å². The molecule has 0 radical (unpaired) electrons. The van der Waals surface area contributed by atoms with Crippen LogP contribution in [0.3, 0.4) is 0 Å². The van der Waals surface area contributed by atoms with Crippen molar-refractivity contribution in [2.45, 2.75) is 26.3 Å². The molecule has 14 heavy (non-hydrogen) atoms. The van der Waals surface area contributed by atoms with Gasteiger partial charge in [-0.2, -0.15) is 11.3 Å². The van der Waals surface area contributed by atoms with E-state index in [1.165, 1.54) is 5.56 Å². The van der Waals surface area contributed by atoms with Crippen LogP contribution in [0.4, 0.5) is 0 Å². The first-order valence-electron chi connectivity index (χ1n) is 5.28. The zero-order valence-electron chi connectivity index (χ0n) is 9.07. The highest BCUT2D eigenvalue weighted by atomic mass is 32.1. The molecule has 0 aliphatic carbocycles. The fraction of sp³-hybridized carbons (Fsp3) is 0.636. The minimum atomic E-state index is 0.210. The summed E-state index contributed by atoms with van der Waals surface area (Å²) in [6.45, 7) is 7.73. The lowest BCUT2D eigenvalue weighted by atomic mass is 10.1. The first-order chi connectivity index (χ1) is 6.77. The number of nitrogens with two attached hydrogens (primary N) is 1. The van der Waals surface area contributed by atoms with Crippen molar-refractivity contribution in [2.24, 2.45) is 5.73 Å². The van der Waals surface area contributed by atoms with E-state index in [1.807, 2.05) is 0 Å². The first-order valence-corrected chi connectivity index (χ1v) is 6.22. The molecule has 3 heteroatoms. The van der Waals surface area contributed by atoms with E-state index in [2.05, 4.69) is 35.6 Å². The van der Waals surface area contributed by atoms with E-state index in [0.717, 1.165) is 26.1 Å². The summed E-state index contributed by atoms with van der Waals surface area (Å²) in [5, 5.41) is 4.24. The molecule has 1 atom stereocenters. The second-order valence-corrected chi connectivity index (χ2v) is 4.26. The van der Waals surface area contributed by atoms with Gasteiger partial charge in [0.1, 0.15) is 0 Å². The normalized spacial score (nSPS) is 13.4. The van der Waals surface area contributed by atoms with E-state index in [1.54, 1.807) is 11.3 Å². The van der Waals surface area contributed by atoms with Crippen molar-refractivity contribution in [1.29, 1.82) is 0 Å². The van der Waals surface area contributed by atoms with E-state index in [-0.39, 0.29) is 6.04 Å². The van der Waals surface area contributed by atoms with E-state index in [9.17, 15) is 0 Å². The third kappa shape index (κ3) is 3.40. The molecule has 0 bridgehead atoms. The van der Waals surface area contributed by atoms with Gasteiger partial charge >= 0.3 is 0 Å². The highest BCUT2D eigenvalue weighted by Gasteiger charge is 2.07. The Morgan fingerprint density at radius 3 is 2.64 bits per heavy atom. The molecule has 0 aliphatic rings. The number of rotatable bonds is 6. The second kappa shape index (κ2) is 6.17. The zero-order chi connectivity index (χ0) is 10.4. The monoisotopic (exact) mass is 212 g/mol. The molecule has 0 saturated carbocycles. The summed E-state index contributed by atoms with van der Waals surface area (Å²) in [4.78, 5) is 2.41. The molecule has 0 saturated heterocycles. The Morgan fingerprint density at radius 2 is 2.14 bits per heavy atom. The Hall–Kier alpha value is -0.380. The lowest BCUT2D eigenvalue weighted by Gasteiger charge is -2.20. The van der Waals surface area contributed by atoms with Gasteiger partial charge in [0.25, 0.3) is 0 Å². The molecule has 2 N–H and O–H groups in total. The quantitative estimate of drug-likeness (QED) is 0.785. The minimum absolute atomic E-state index is 0.210. The van der Waals surface area contributed by atoms with Gasteiger partial charge in [-0.3, -0.25) is 0 Å². The molecule has 1 unspecified atom stereocenters. The fourth-order valence-electron chi connectivity index (χ4n) is 1.51. The van der Waals surface area contributed by atoms with Gasteiger partial charge < -0.3 is 10.6 Å². The van der Waals surface area contributed by atoms with Crippen LogP contribution < -0.4 is 5.73 Å². The van der Waals surface area contributed by atoms with Crippen LogP contribution in [-0.4, -0.2) is 24.5 Å². The molecule has 1 rings (SSSR count). The predicted octanol–water partition coefficient (Wildman–Crippen LogP) is 2.48. The largest absolute Gasteiger partial charge is 0.324 e. The number of hydrogen-bond donors (Lipinski definition) is 1. The molecule has 0 amide bonds. The molecule has 80 valence electrons. The van der Waals surface area contributed by atoms with Crippen LogP contribution in [0.5, 0.6) is 0 Å². The lowest BCUT2D eigenvalue weighted by molar-refractivity contribution is 0.291. The summed E-state index contributed by atoms with van der Waals surface area (Å²) >= 11 is 1.72. The molecule has 0 fully saturated rings. The molecule has 1 aromatic heterocycles. The SMILES string of the molecule is CCN(CC)CCC(N)c1ccsc1. The maximum absolute atomic E-state index is 6.08. The number of hydrogen-bond acceptors (Lipinski definition) is 3. The van der Waals surface area contributed by atoms with Crippen LogP contribution in [0.15, 0.2) is 16.8 Å². The Kier molecular flexibility index (Phi) is 5.15. The van der Waals surface area contributed by atoms with Gasteiger partial charge in [0.05, 0.1) is 0 Å². The number of nitrogens with zero attached hydrogens (tertiary/aromatic N) is 1. The summed E-state index contributed by atoms with van der Waals surface area (Å²) in [6, 6.07) is 2.33. The Balaban J connectivity index is 2.31. The minimum Gasteiger partial charge on any atom is -0.324 e. The average molecular weight is 212 g/mol. The summed E-state index contributed by atoms with van der Waals surface area (Å²) in [6.07, 6.45) is 1.05. The molecule has 1 heterocycles. The highest BCUT2D eigenvalue weighted by molar-refractivity contribution is 7.07. The number of thiophene rings is 1. The van der Waals surface area contributed by atoms with E-state index in [4.69, 9.17) is 5.73 Å². The van der Waals surface area contributed by atoms with Gasteiger partial charge in [0.15, 0.2) is 0 Å². The van der Waals surface area contributed by atoms with Crippen molar-refractivity contribution in [2.75, 3.05) is 19.6 Å². The van der Waals surface area contributed by atoms with E-state index >= 15 is 0 Å². The molecule has 1 aromatic rings. The van der Waals surface area contributed by atoms with Crippen LogP contribution in [0, 0.1) is 0 Å². The average Bonchev–Trinajstić information content (AvgIpc) is 2.72. The Morgan fingerprint density at radius 1 is 1.43 bits per heavy atom. The Bertz CT molecular complexity index is 229. The molecule has 2 nitrogen and oxygen atoms in total. The molecule has 0 aromatic carbocycles. The third-order valence-electron chi connectivity index (χ3n) is 2.62. The molecule has 0 spiro atoms. The van der Waals surface area contributed by atoms with Crippen LogP contribution in [0.2, 0.25) is 0 Å². The van der Waals surface area contributed by atoms with E-state index < -0.39 is 0 Å². The maximum atomic E-state index is 6.08. The summed E-state index contributed by atoms with van der Waals surface area (Å²) in [5.74, 6) is 0. The van der Waals surface area contributed by atoms with Gasteiger partial charge in [-0.05, 0) is 48.4 Å². The van der Waals surface area contributed by atoms with Gasteiger partial charge in [-0.15, -0.1) is 0 Å². The second-order valence-electron chi connectivity index (χ2n) is 3.48. The van der Waals surface area contributed by atoms with Crippen molar-refractivity contribution in [1.82, 2.24) is 4.90 Å². The van der Waals surface area contributed by atoms with Crippen LogP contribution in [0.25, 0.3) is 0 Å². The summed E-state index contributed by atoms with van der Waals surface area (Å²) in [7, 11) is 0. The standard InChI is InChI=1S/C11H20N2S/c1-3-13(4-2)7-5-11(12)10-6-8-14-9-10/h6,8-9,11H,3-5,7,12H2,1-2H3. The van der Waals surface area contributed by atoms with Gasteiger partial charge in [0, 0.05) is 6.04 Å². The van der Waals surface area contributed by atoms with E-state index in [0.29, 0.717) is 0 Å². The first kappa shape index (κ1) is 11.7. The maximum Gasteiger partial charge on any atom is 0.0315 e.